The molecule has 168 valence electrons. The van der Waals surface area contributed by atoms with Crippen LogP contribution in [0.25, 0.3) is 6.08 Å². The molecule has 33 heavy (non-hydrogen) atoms. The van der Waals surface area contributed by atoms with Crippen LogP contribution in [0, 0.1) is 24.1 Å². The maximum absolute atomic E-state index is 13.8. The predicted octanol–water partition coefficient (Wildman–Crippen LogP) is 6.42. The summed E-state index contributed by atoms with van der Waals surface area (Å²) in [7, 11) is 0. The van der Waals surface area contributed by atoms with E-state index in [1.807, 2.05) is 44.2 Å². The van der Waals surface area contributed by atoms with Gasteiger partial charge in [-0.1, -0.05) is 42.0 Å². The van der Waals surface area contributed by atoms with Crippen LogP contribution < -0.4 is 14.8 Å². The second-order valence-electron chi connectivity index (χ2n) is 7.14. The van der Waals surface area contributed by atoms with Gasteiger partial charge in [0.05, 0.1) is 16.8 Å². The van der Waals surface area contributed by atoms with Crippen LogP contribution in [0.5, 0.6) is 11.5 Å². The van der Waals surface area contributed by atoms with E-state index in [9.17, 15) is 14.4 Å². The van der Waals surface area contributed by atoms with Crippen molar-refractivity contribution < 1.29 is 18.7 Å². The Morgan fingerprint density at radius 3 is 2.55 bits per heavy atom. The number of para-hydroxylation sites is 1. The molecule has 0 aliphatic carbocycles. The van der Waals surface area contributed by atoms with Crippen molar-refractivity contribution >= 4 is 33.6 Å². The second-order valence-corrected chi connectivity index (χ2v) is 8.00. The maximum Gasteiger partial charge on any atom is 0.266 e. The van der Waals surface area contributed by atoms with Gasteiger partial charge in [0.15, 0.2) is 11.5 Å². The van der Waals surface area contributed by atoms with E-state index in [0.717, 1.165) is 5.56 Å². The Bertz CT molecular complexity index is 1220. The number of carbonyl (C=O) groups is 1. The van der Waals surface area contributed by atoms with Gasteiger partial charge in [0.2, 0.25) is 0 Å². The first-order chi connectivity index (χ1) is 15.9. The Labute approximate surface area is 200 Å². The molecule has 0 spiro atoms. The standard InChI is InChI=1S/C26H22BrFN2O3/c1-3-32-24-14-19(12-20(15-29)26(31)30-23-7-5-4-6-22(23)28)13-21(27)25(24)33-16-18-10-8-17(2)9-11-18/h4-14H,3,16H2,1-2H3,(H,30,31)/b20-12-. The van der Waals surface area contributed by atoms with E-state index in [1.165, 1.54) is 29.8 Å². The first-order valence-corrected chi connectivity index (χ1v) is 11.0. The van der Waals surface area contributed by atoms with Crippen molar-refractivity contribution in [2.24, 2.45) is 0 Å². The van der Waals surface area contributed by atoms with Crippen molar-refractivity contribution in [2.75, 3.05) is 11.9 Å². The number of rotatable bonds is 8. The molecule has 3 rings (SSSR count). The molecule has 3 aromatic carbocycles. The Hall–Kier alpha value is -3.63. The number of hydrogen-bond acceptors (Lipinski definition) is 4. The fourth-order valence-corrected chi connectivity index (χ4v) is 3.56. The van der Waals surface area contributed by atoms with Crippen molar-refractivity contribution in [2.45, 2.75) is 20.5 Å². The van der Waals surface area contributed by atoms with Crippen LogP contribution >= 0.6 is 15.9 Å². The molecule has 0 radical (unpaired) electrons. The molecule has 0 heterocycles. The topological polar surface area (TPSA) is 71.3 Å². The van der Waals surface area contributed by atoms with Crippen molar-refractivity contribution in [3.8, 4) is 17.6 Å². The second kappa shape index (κ2) is 11.3. The number of nitrogens with one attached hydrogen (secondary N) is 1. The van der Waals surface area contributed by atoms with Gasteiger partial charge < -0.3 is 14.8 Å². The number of aryl methyl sites for hydroxylation is 1. The number of benzene rings is 3. The van der Waals surface area contributed by atoms with Gasteiger partial charge in [-0.05, 0) is 71.2 Å². The van der Waals surface area contributed by atoms with E-state index in [-0.39, 0.29) is 11.3 Å². The lowest BCUT2D eigenvalue weighted by molar-refractivity contribution is -0.112. The highest BCUT2D eigenvalue weighted by Gasteiger charge is 2.15. The van der Waals surface area contributed by atoms with Crippen LogP contribution in [-0.4, -0.2) is 12.5 Å². The third-order valence-corrected chi connectivity index (χ3v) is 5.22. The van der Waals surface area contributed by atoms with Gasteiger partial charge >= 0.3 is 0 Å². The zero-order valence-electron chi connectivity index (χ0n) is 18.2. The van der Waals surface area contributed by atoms with Crippen molar-refractivity contribution in [3.05, 3.63) is 93.2 Å². The summed E-state index contributed by atoms with van der Waals surface area (Å²) in [6.45, 7) is 4.62. The van der Waals surface area contributed by atoms with Crippen molar-refractivity contribution in [3.63, 3.8) is 0 Å². The highest BCUT2D eigenvalue weighted by molar-refractivity contribution is 9.10. The summed E-state index contributed by atoms with van der Waals surface area (Å²) in [5.74, 6) is -0.308. The molecule has 7 heteroatoms. The zero-order valence-corrected chi connectivity index (χ0v) is 19.8. The molecule has 1 amide bonds. The number of amides is 1. The summed E-state index contributed by atoms with van der Waals surface area (Å²) < 4.78 is 26.2. The molecule has 0 unspecified atom stereocenters. The molecule has 0 aromatic heterocycles. The third kappa shape index (κ3) is 6.43. The fraction of sp³-hybridized carbons (Fsp3) is 0.154. The molecular formula is C26H22BrFN2O3. The predicted molar refractivity (Wildman–Crippen MR) is 129 cm³/mol. The van der Waals surface area contributed by atoms with E-state index in [1.54, 1.807) is 18.2 Å². The number of carbonyl (C=O) groups excluding carboxylic acids is 1. The third-order valence-electron chi connectivity index (χ3n) is 4.63. The molecule has 3 aromatic rings. The number of anilines is 1. The summed E-state index contributed by atoms with van der Waals surface area (Å²) in [6, 6.07) is 19.1. The summed E-state index contributed by atoms with van der Waals surface area (Å²) in [5.41, 5.74) is 2.54. The Kier molecular flexibility index (Phi) is 8.22. The van der Waals surface area contributed by atoms with Gasteiger partial charge in [0, 0.05) is 0 Å². The molecule has 1 N–H and O–H groups in total. The van der Waals surface area contributed by atoms with Gasteiger partial charge in [0.25, 0.3) is 5.91 Å². The Morgan fingerprint density at radius 1 is 1.15 bits per heavy atom. The molecule has 5 nitrogen and oxygen atoms in total. The van der Waals surface area contributed by atoms with Gasteiger partial charge in [-0.15, -0.1) is 0 Å². The van der Waals surface area contributed by atoms with Crippen LogP contribution in [0.1, 0.15) is 23.6 Å². The SMILES string of the molecule is CCOc1cc(/C=C(/C#N)C(=O)Nc2ccccc2F)cc(Br)c1OCc1ccc(C)cc1. The van der Waals surface area contributed by atoms with Crippen molar-refractivity contribution in [1.82, 2.24) is 0 Å². The first-order valence-electron chi connectivity index (χ1n) is 10.2. The minimum absolute atomic E-state index is 0.000287. The number of nitriles is 1. The van der Waals surface area contributed by atoms with Gasteiger partial charge in [-0.2, -0.15) is 5.26 Å². The lowest BCUT2D eigenvalue weighted by atomic mass is 10.1. The normalized spacial score (nSPS) is 10.9. The number of ether oxygens (including phenoxy) is 2. The van der Waals surface area contributed by atoms with Gasteiger partial charge in [-0.25, -0.2) is 4.39 Å². The summed E-state index contributed by atoms with van der Waals surface area (Å²) in [4.78, 5) is 12.5. The fourth-order valence-electron chi connectivity index (χ4n) is 2.98. The maximum atomic E-state index is 13.8. The molecular weight excluding hydrogens is 487 g/mol. The van der Waals surface area contributed by atoms with E-state index < -0.39 is 11.7 Å². The lowest BCUT2D eigenvalue weighted by Crippen LogP contribution is -2.14. The molecule has 0 saturated heterocycles. The van der Waals surface area contributed by atoms with E-state index in [2.05, 4.69) is 21.2 Å². The summed E-state index contributed by atoms with van der Waals surface area (Å²) >= 11 is 3.50. The summed E-state index contributed by atoms with van der Waals surface area (Å²) in [6.07, 6.45) is 1.41. The molecule has 0 saturated carbocycles. The van der Waals surface area contributed by atoms with E-state index in [0.29, 0.717) is 34.7 Å². The number of hydrogen-bond donors (Lipinski definition) is 1. The van der Waals surface area contributed by atoms with E-state index >= 15 is 0 Å². The Morgan fingerprint density at radius 2 is 1.88 bits per heavy atom. The van der Waals surface area contributed by atoms with Crippen molar-refractivity contribution in [1.29, 1.82) is 5.26 Å². The van der Waals surface area contributed by atoms with E-state index in [4.69, 9.17) is 9.47 Å². The average Bonchev–Trinajstić information content (AvgIpc) is 2.79. The van der Waals surface area contributed by atoms with Crippen LogP contribution in [0.4, 0.5) is 10.1 Å². The monoisotopic (exact) mass is 508 g/mol. The van der Waals surface area contributed by atoms with Crippen LogP contribution in [0.2, 0.25) is 0 Å². The quantitative estimate of drug-likeness (QED) is 0.281. The largest absolute Gasteiger partial charge is 0.490 e. The molecule has 0 bridgehead atoms. The van der Waals surface area contributed by atoms with Crippen LogP contribution in [0.3, 0.4) is 0 Å². The molecule has 0 aliphatic rings. The molecule has 0 atom stereocenters. The first kappa shape index (κ1) is 24.0. The number of halogens is 2. The minimum atomic E-state index is -0.712. The van der Waals surface area contributed by atoms with Crippen LogP contribution in [0.15, 0.2) is 70.7 Å². The molecule has 0 aliphatic heterocycles. The lowest BCUT2D eigenvalue weighted by Gasteiger charge is -2.15. The van der Waals surface area contributed by atoms with Gasteiger partial charge in [-0.3, -0.25) is 4.79 Å². The highest BCUT2D eigenvalue weighted by atomic mass is 79.9. The average molecular weight is 509 g/mol. The van der Waals surface area contributed by atoms with Gasteiger partial charge in [0.1, 0.15) is 24.1 Å². The zero-order chi connectivity index (χ0) is 23.8. The minimum Gasteiger partial charge on any atom is -0.490 e. The smallest absolute Gasteiger partial charge is 0.266 e. The molecule has 0 fully saturated rings. The van der Waals surface area contributed by atoms with Crippen LogP contribution in [-0.2, 0) is 11.4 Å². The Balaban J connectivity index is 1.85. The number of nitrogens with zero attached hydrogens (tertiary/aromatic N) is 1. The highest BCUT2D eigenvalue weighted by Crippen LogP contribution is 2.38. The summed E-state index contributed by atoms with van der Waals surface area (Å²) in [5, 5.41) is 11.9.